The summed E-state index contributed by atoms with van der Waals surface area (Å²) < 4.78 is 11.2. The summed E-state index contributed by atoms with van der Waals surface area (Å²) >= 11 is 0. The zero-order valence-electron chi connectivity index (χ0n) is 14.4. The lowest BCUT2D eigenvalue weighted by Gasteiger charge is -2.33. The third kappa shape index (κ3) is 4.72. The van der Waals surface area contributed by atoms with Crippen LogP contribution in [0.3, 0.4) is 0 Å². The second-order valence-electron chi connectivity index (χ2n) is 6.72. The van der Waals surface area contributed by atoms with Gasteiger partial charge in [0.15, 0.2) is 0 Å². The van der Waals surface area contributed by atoms with Crippen LogP contribution in [0.2, 0.25) is 0 Å². The van der Waals surface area contributed by atoms with E-state index in [0.29, 0.717) is 31.6 Å². The van der Waals surface area contributed by atoms with E-state index in [2.05, 4.69) is 0 Å². The van der Waals surface area contributed by atoms with E-state index in [9.17, 15) is 9.59 Å². The second-order valence-corrected chi connectivity index (χ2v) is 6.72. The lowest BCUT2D eigenvalue weighted by atomic mass is 10.1. The van der Waals surface area contributed by atoms with Gasteiger partial charge >= 0.3 is 5.97 Å². The number of aliphatic carboxylic acids is 1. The van der Waals surface area contributed by atoms with Crippen molar-refractivity contribution in [1.29, 1.82) is 0 Å². The molecule has 1 aliphatic heterocycles. The van der Waals surface area contributed by atoms with Crippen LogP contribution in [-0.2, 0) is 9.53 Å². The first kappa shape index (κ1) is 17.7. The van der Waals surface area contributed by atoms with Crippen LogP contribution in [0.25, 0.3) is 0 Å². The fraction of sp³-hybridized carbons (Fsp3) is 0.579. The molecule has 6 heteroatoms. The van der Waals surface area contributed by atoms with Crippen LogP contribution in [0, 0.1) is 0 Å². The molecular weight excluding hydrogens is 322 g/mol. The van der Waals surface area contributed by atoms with Crippen molar-refractivity contribution < 1.29 is 24.2 Å². The lowest BCUT2D eigenvalue weighted by molar-refractivity contribution is -0.138. The fourth-order valence-electron chi connectivity index (χ4n) is 3.55. The van der Waals surface area contributed by atoms with Gasteiger partial charge in [0.2, 0.25) is 0 Å². The molecule has 1 heterocycles. The van der Waals surface area contributed by atoms with Crippen LogP contribution >= 0.6 is 0 Å². The molecule has 0 bridgehead atoms. The van der Waals surface area contributed by atoms with Crippen molar-refractivity contribution in [3.8, 4) is 5.75 Å². The van der Waals surface area contributed by atoms with E-state index in [1.807, 2.05) is 0 Å². The van der Waals surface area contributed by atoms with Crippen LogP contribution in [0.5, 0.6) is 5.75 Å². The van der Waals surface area contributed by atoms with Gasteiger partial charge < -0.3 is 19.5 Å². The van der Waals surface area contributed by atoms with Crippen LogP contribution in [0.1, 0.15) is 48.9 Å². The Hall–Kier alpha value is -2.08. The minimum atomic E-state index is -0.999. The summed E-state index contributed by atoms with van der Waals surface area (Å²) in [6, 6.07) is 6.96. The first-order chi connectivity index (χ1) is 12.1. The molecule has 1 aromatic carbocycles. The molecule has 0 aromatic heterocycles. The Morgan fingerprint density at radius 1 is 1.08 bits per heavy atom. The topological polar surface area (TPSA) is 76.1 Å². The van der Waals surface area contributed by atoms with Crippen LogP contribution in [0.4, 0.5) is 0 Å². The summed E-state index contributed by atoms with van der Waals surface area (Å²) in [5.41, 5.74) is 0.492. The molecule has 136 valence electrons. The first-order valence-electron chi connectivity index (χ1n) is 9.00. The number of hydrogen-bond donors (Lipinski definition) is 1. The number of carboxylic acid groups (broad SMARTS) is 1. The number of benzene rings is 1. The van der Waals surface area contributed by atoms with E-state index in [4.69, 9.17) is 14.6 Å². The lowest BCUT2D eigenvalue weighted by Crippen LogP contribution is -2.46. The van der Waals surface area contributed by atoms with Crippen LogP contribution < -0.4 is 4.74 Å². The van der Waals surface area contributed by atoms with Crippen molar-refractivity contribution in [3.05, 3.63) is 29.8 Å². The van der Waals surface area contributed by atoms with E-state index in [-0.39, 0.29) is 24.6 Å². The summed E-state index contributed by atoms with van der Waals surface area (Å²) in [7, 11) is 0. The van der Waals surface area contributed by atoms with E-state index in [1.165, 1.54) is 17.7 Å². The molecule has 25 heavy (non-hydrogen) atoms. The molecule has 2 aliphatic rings. The Balaban J connectivity index is 1.68. The Morgan fingerprint density at radius 2 is 1.72 bits per heavy atom. The number of nitrogens with zero attached hydrogens (tertiary/aromatic N) is 1. The maximum Gasteiger partial charge on any atom is 0.323 e. The predicted octanol–water partition coefficient (Wildman–Crippen LogP) is 2.71. The molecule has 1 saturated heterocycles. The maximum absolute atomic E-state index is 12.8. The quantitative estimate of drug-likeness (QED) is 0.856. The number of carbonyl (C=O) groups is 2. The zero-order valence-corrected chi connectivity index (χ0v) is 14.4. The number of carboxylic acids is 1. The normalized spacial score (nSPS) is 18.9. The molecule has 3 rings (SSSR count). The average Bonchev–Trinajstić information content (AvgIpc) is 3.13. The summed E-state index contributed by atoms with van der Waals surface area (Å²) in [5, 5.41) is 9.17. The molecule has 0 radical (unpaired) electrons. The van der Waals surface area contributed by atoms with Crippen molar-refractivity contribution >= 4 is 11.9 Å². The largest absolute Gasteiger partial charge is 0.490 e. The third-order valence-corrected chi connectivity index (χ3v) is 4.90. The van der Waals surface area contributed by atoms with Gasteiger partial charge in [-0.3, -0.25) is 9.59 Å². The molecule has 6 nitrogen and oxygen atoms in total. The molecular formula is C19H25NO5. The molecule has 0 spiro atoms. The zero-order chi connectivity index (χ0) is 17.6. The molecule has 0 unspecified atom stereocenters. The minimum Gasteiger partial charge on any atom is -0.490 e. The average molecular weight is 347 g/mol. The highest BCUT2D eigenvalue weighted by Crippen LogP contribution is 2.25. The van der Waals surface area contributed by atoms with Crippen molar-refractivity contribution in [2.75, 3.05) is 19.8 Å². The van der Waals surface area contributed by atoms with Crippen molar-refractivity contribution in [2.45, 2.75) is 50.7 Å². The number of ether oxygens (including phenoxy) is 2. The van der Waals surface area contributed by atoms with Crippen LogP contribution in [0.15, 0.2) is 24.3 Å². The van der Waals surface area contributed by atoms with Gasteiger partial charge in [-0.25, -0.2) is 0 Å². The Bertz CT molecular complexity index is 588. The Kier molecular flexibility index (Phi) is 5.91. The smallest absolute Gasteiger partial charge is 0.323 e. The summed E-state index contributed by atoms with van der Waals surface area (Å²) in [6.07, 6.45) is 6.18. The monoisotopic (exact) mass is 347 g/mol. The summed E-state index contributed by atoms with van der Waals surface area (Å²) in [4.78, 5) is 25.5. The molecule has 1 saturated carbocycles. The summed E-state index contributed by atoms with van der Waals surface area (Å²) in [6.45, 7) is 0.828. The SMILES string of the molecule is O=C(O)CN(C(=O)c1ccc(OC2CCCC2)cc1)C1CCOCC1. The molecule has 1 amide bonds. The van der Waals surface area contributed by atoms with E-state index in [1.54, 1.807) is 24.3 Å². The van der Waals surface area contributed by atoms with Crippen molar-refractivity contribution in [1.82, 2.24) is 4.90 Å². The van der Waals surface area contributed by atoms with E-state index in [0.717, 1.165) is 18.6 Å². The molecule has 1 aromatic rings. The van der Waals surface area contributed by atoms with E-state index < -0.39 is 5.97 Å². The maximum atomic E-state index is 12.8. The summed E-state index contributed by atoms with van der Waals surface area (Å²) in [5.74, 6) is -0.484. The minimum absolute atomic E-state index is 0.0910. The van der Waals surface area contributed by atoms with Crippen molar-refractivity contribution in [2.24, 2.45) is 0 Å². The first-order valence-corrected chi connectivity index (χ1v) is 9.00. The van der Waals surface area contributed by atoms with Gasteiger partial charge in [-0.05, 0) is 62.8 Å². The Labute approximate surface area is 147 Å². The molecule has 1 aliphatic carbocycles. The predicted molar refractivity (Wildman–Crippen MR) is 91.8 cm³/mol. The van der Waals surface area contributed by atoms with E-state index >= 15 is 0 Å². The number of carbonyl (C=O) groups excluding carboxylic acids is 1. The highest BCUT2D eigenvalue weighted by Gasteiger charge is 2.28. The molecule has 0 atom stereocenters. The Morgan fingerprint density at radius 3 is 2.32 bits per heavy atom. The van der Waals surface area contributed by atoms with Gasteiger partial charge in [0.25, 0.3) is 5.91 Å². The third-order valence-electron chi connectivity index (χ3n) is 4.90. The van der Waals surface area contributed by atoms with Gasteiger partial charge in [-0.2, -0.15) is 0 Å². The van der Waals surface area contributed by atoms with Crippen molar-refractivity contribution in [3.63, 3.8) is 0 Å². The highest BCUT2D eigenvalue weighted by atomic mass is 16.5. The van der Waals surface area contributed by atoms with Gasteiger partial charge in [-0.15, -0.1) is 0 Å². The van der Waals surface area contributed by atoms with Gasteiger partial charge in [0.05, 0.1) is 6.10 Å². The second kappa shape index (κ2) is 8.34. The number of hydrogen-bond acceptors (Lipinski definition) is 4. The number of amides is 1. The van der Waals surface area contributed by atoms with Crippen LogP contribution in [-0.4, -0.2) is 53.8 Å². The van der Waals surface area contributed by atoms with Gasteiger partial charge in [0.1, 0.15) is 12.3 Å². The fourth-order valence-corrected chi connectivity index (χ4v) is 3.55. The van der Waals surface area contributed by atoms with Gasteiger partial charge in [-0.1, -0.05) is 0 Å². The van der Waals surface area contributed by atoms with Gasteiger partial charge in [0, 0.05) is 24.8 Å². The standard InChI is InChI=1S/C19H25NO5/c21-18(22)13-20(15-9-11-24-12-10-15)19(23)14-5-7-17(8-6-14)25-16-3-1-2-4-16/h5-8,15-16H,1-4,9-13H2,(H,21,22). The molecule has 2 fully saturated rings. The number of rotatable bonds is 6. The highest BCUT2D eigenvalue weighted by molar-refractivity contribution is 5.96. The molecule has 1 N–H and O–H groups in total.